The van der Waals surface area contributed by atoms with Gasteiger partial charge in [-0.1, -0.05) is 295 Å². The van der Waals surface area contributed by atoms with Crippen molar-refractivity contribution in [2.45, 2.75) is 105 Å². The average Bonchev–Trinajstić information content (AvgIpc) is 1.43. The molecule has 2 aliphatic heterocycles. The summed E-state index contributed by atoms with van der Waals surface area (Å²) in [5.74, 6) is 0. The summed E-state index contributed by atoms with van der Waals surface area (Å²) < 4.78 is 127. The zero-order chi connectivity index (χ0) is 86.6. The Morgan fingerprint density at radius 3 is 1.29 bits per heavy atom. The number of anilines is 6. The molecule has 0 fully saturated rings. The molecule has 0 saturated carbocycles. The van der Waals surface area contributed by atoms with Crippen molar-refractivity contribution in [2.75, 3.05) is 9.80 Å². The summed E-state index contributed by atoms with van der Waals surface area (Å²) >= 11 is 0. The fourth-order valence-electron chi connectivity index (χ4n) is 18.1. The minimum atomic E-state index is -0.709. The van der Waals surface area contributed by atoms with E-state index in [1.54, 1.807) is 4.57 Å². The highest BCUT2D eigenvalue weighted by atomic mass is 16.3. The van der Waals surface area contributed by atoms with Crippen molar-refractivity contribution in [3.05, 3.63) is 331 Å². The molecule has 0 radical (unpaired) electrons. The lowest BCUT2D eigenvalue weighted by Crippen LogP contribution is -2.61. The van der Waals surface area contributed by atoms with Crippen molar-refractivity contribution in [2.24, 2.45) is 0 Å². The van der Waals surface area contributed by atoms with E-state index in [1.807, 2.05) is 30.3 Å². The maximum absolute atomic E-state index is 10.5. The highest BCUT2D eigenvalue weighted by Crippen LogP contribution is 2.61. The van der Waals surface area contributed by atoms with Crippen LogP contribution in [0.2, 0.25) is 0 Å². The van der Waals surface area contributed by atoms with Crippen molar-refractivity contribution >= 4 is 139 Å². The highest BCUT2D eigenvalue weighted by Gasteiger charge is 2.49. The van der Waals surface area contributed by atoms with Crippen LogP contribution in [-0.4, -0.2) is 15.7 Å². The van der Waals surface area contributed by atoms with Crippen LogP contribution in [0.5, 0.6) is 0 Å². The lowest BCUT2D eigenvalue weighted by molar-refractivity contribution is 0.590. The average molecular weight is 1460 g/mol. The van der Waals surface area contributed by atoms with Gasteiger partial charge in [0.05, 0.1) is 66.8 Å². The van der Waals surface area contributed by atoms with Gasteiger partial charge in [0, 0.05) is 82.4 Å². The first kappa shape index (κ1) is 55.7. The van der Waals surface area contributed by atoms with Crippen molar-refractivity contribution in [3.63, 3.8) is 0 Å². The molecule has 0 unspecified atom stereocenters. The first-order valence-electron chi connectivity index (χ1n) is 44.9. The Kier molecular flexibility index (Phi) is 12.2. The first-order valence-corrected chi connectivity index (χ1v) is 38.9. The van der Waals surface area contributed by atoms with E-state index in [-0.39, 0.29) is 38.1 Å². The van der Waals surface area contributed by atoms with Gasteiger partial charge in [0.1, 0.15) is 11.2 Å². The number of nitrogens with zero attached hydrogens (tertiary/aromatic N) is 4. The molecule has 0 amide bonds. The van der Waals surface area contributed by atoms with Crippen molar-refractivity contribution in [3.8, 4) is 61.3 Å². The molecule has 0 bridgehead atoms. The Bertz CT molecular complexity index is 7710. The lowest BCUT2D eigenvalue weighted by Gasteiger charge is -2.46. The van der Waals surface area contributed by atoms with Crippen LogP contribution in [0.1, 0.15) is 122 Å². The van der Waals surface area contributed by atoms with Gasteiger partial charge in [-0.2, -0.15) is 0 Å². The molecule has 112 heavy (non-hydrogen) atoms. The van der Waals surface area contributed by atoms with Crippen LogP contribution in [0.25, 0.3) is 143 Å². The van der Waals surface area contributed by atoms with E-state index >= 15 is 0 Å². The Morgan fingerprint density at radius 1 is 0.312 bits per heavy atom. The van der Waals surface area contributed by atoms with Crippen molar-refractivity contribution < 1.29 is 20.9 Å². The van der Waals surface area contributed by atoms with Gasteiger partial charge in [-0.25, -0.2) is 0 Å². The maximum atomic E-state index is 10.5. The molecule has 6 heterocycles. The molecule has 5 nitrogen and oxygen atoms in total. The predicted molar refractivity (Wildman–Crippen MR) is 479 cm³/mol. The molecule has 2 aliphatic rings. The summed E-state index contributed by atoms with van der Waals surface area (Å²) in [6.45, 7) is 26.6. The SMILES string of the molecule is [2H]c1c([2H])c([2H])c(-c2c([2H])c([2H])c3c(c2[2H])c2c([2H])c([2H])c([2H])c([2H])c2n3-c2ccc3c(c2)N(c2c(-c4ccccc4)cc(C(C)(C)C)cc2-c2ccccc2)c2c4c(c5c6cc(C(C)(C)C)ccc6n6c7ccc(C(C)(C)C)cc7c2c56)N(c2c(-c5ccccc5)cc(C(C)(C)C)cc2-c2ccccc2)c2cc5c(cc2B34)oc2ccccc25)c([2H])c1[2H]. The first-order chi connectivity index (χ1) is 59.1. The van der Waals surface area contributed by atoms with Crippen LogP contribution in [0, 0.1) is 0 Å². The van der Waals surface area contributed by atoms with Gasteiger partial charge in [0.25, 0.3) is 6.71 Å². The van der Waals surface area contributed by atoms with Gasteiger partial charge < -0.3 is 23.2 Å². The number of furan rings is 1. The van der Waals surface area contributed by atoms with Crippen LogP contribution >= 0.6 is 0 Å². The van der Waals surface area contributed by atoms with Crippen LogP contribution in [0.4, 0.5) is 34.1 Å². The number of benzene rings is 15. The monoisotopic (exact) mass is 1450 g/mol. The Labute approximate surface area is 672 Å². The number of aromatic nitrogens is 2. The van der Waals surface area contributed by atoms with Gasteiger partial charge in [-0.05, 0) is 191 Å². The number of fused-ring (bicyclic) bond motifs is 18. The second-order valence-electron chi connectivity index (χ2n) is 34.7. The smallest absolute Gasteiger partial charge is 0.252 e. The van der Waals surface area contributed by atoms with Gasteiger partial charge >= 0.3 is 0 Å². The normalized spacial score (nSPS) is 14.8. The van der Waals surface area contributed by atoms with E-state index in [9.17, 15) is 12.3 Å². The molecule has 19 aromatic rings. The summed E-state index contributed by atoms with van der Waals surface area (Å²) in [5, 5.41) is 5.66. The number of hydrogen-bond donors (Lipinski definition) is 0. The van der Waals surface area contributed by atoms with Gasteiger partial charge in [-0.3, -0.25) is 0 Å². The largest absolute Gasteiger partial charge is 0.456 e. The topological polar surface area (TPSA) is 29.0 Å². The molecule has 15 aromatic carbocycles. The molecule has 6 heteroatoms. The minimum Gasteiger partial charge on any atom is -0.456 e. The third-order valence-electron chi connectivity index (χ3n) is 23.7. The molecule has 0 spiro atoms. The third kappa shape index (κ3) is 10.2. The second kappa shape index (κ2) is 24.4. The van der Waals surface area contributed by atoms with E-state index in [2.05, 4.69) is 304 Å². The summed E-state index contributed by atoms with van der Waals surface area (Å²) in [6.07, 6.45) is 0. The number of hydrogen-bond acceptors (Lipinski definition) is 3. The molecule has 540 valence electrons. The molecule has 0 atom stereocenters. The van der Waals surface area contributed by atoms with Crippen LogP contribution in [0.15, 0.2) is 314 Å². The third-order valence-corrected chi connectivity index (χ3v) is 23.7. The Balaban J connectivity index is 1.05. The zero-order valence-electron chi connectivity index (χ0n) is 76.8. The fourth-order valence-corrected chi connectivity index (χ4v) is 18.1. The van der Waals surface area contributed by atoms with E-state index in [0.717, 1.165) is 166 Å². The van der Waals surface area contributed by atoms with Crippen LogP contribution in [-0.2, 0) is 21.7 Å². The summed E-state index contributed by atoms with van der Waals surface area (Å²) in [5.41, 5.74) is 22.4. The molecule has 21 rings (SSSR count). The van der Waals surface area contributed by atoms with Crippen LogP contribution in [0.3, 0.4) is 0 Å². The summed E-state index contributed by atoms with van der Waals surface area (Å²) in [4.78, 5) is 5.16. The summed E-state index contributed by atoms with van der Waals surface area (Å²) in [7, 11) is 0. The molecule has 0 saturated heterocycles. The van der Waals surface area contributed by atoms with Crippen molar-refractivity contribution in [1.82, 2.24) is 8.97 Å². The molecule has 0 aliphatic carbocycles. The van der Waals surface area contributed by atoms with Gasteiger partial charge in [0.15, 0.2) is 0 Å². The van der Waals surface area contributed by atoms with E-state index in [4.69, 9.17) is 8.53 Å². The maximum Gasteiger partial charge on any atom is 0.252 e. The minimum absolute atomic E-state index is 0.0926. The molecule has 4 aromatic heterocycles. The van der Waals surface area contributed by atoms with E-state index in [1.165, 1.54) is 0 Å². The second-order valence-corrected chi connectivity index (χ2v) is 34.7. The Morgan fingerprint density at radius 2 is 0.777 bits per heavy atom. The fraction of sp³-hybridized carbons (Fsp3) is 0.151. The van der Waals surface area contributed by atoms with Gasteiger partial charge in [-0.15, -0.1) is 0 Å². The van der Waals surface area contributed by atoms with E-state index < -0.39 is 95.8 Å². The molecule has 0 N–H and O–H groups in total. The summed E-state index contributed by atoms with van der Waals surface area (Å²) in [6, 6.07) is 78.2. The molecular weight excluding hydrogens is 1360 g/mol. The predicted octanol–water partition coefficient (Wildman–Crippen LogP) is 27.4. The Hall–Kier alpha value is -12.6. The quantitative estimate of drug-likeness (QED) is 0.142. The number of para-hydroxylation sites is 2. The lowest BCUT2D eigenvalue weighted by atomic mass is 9.33. The van der Waals surface area contributed by atoms with Gasteiger partial charge in [0.2, 0.25) is 0 Å². The zero-order valence-corrected chi connectivity index (χ0v) is 64.8. The standard InChI is InChI=1S/C106H87BN4O/c1-103(2,3)70-47-52-89-83(55-70)95-100-96(84-56-71(104(4,5)6)48-53-90(84)109(89)100)102-97-101(95)110(98-77(65-34-20-14-21-35-65)57-72(105(7,8)9)58-78(98)66-36-22-15-23-37-66)91-61-74(108-87-44-30-28-42-75(87)81-54-69(46-51-88(81)108)64-32-18-13-19-33-64)49-50-85(91)107(97)86-63-94-82(76-43-29-31-45-93(76)112-94)62-92(86)111(102)99-79(67-38-24-16-25-39-67)59-73(106(10,11)12)60-80(99)68-40-26-17-27-41-68/h13-63H,1-12H3/i13D,18D,19D,28D,30D,32D,33D,42D,44D,46D,51D,54D. The highest BCUT2D eigenvalue weighted by molar-refractivity contribution is 7.01. The molecular formula is C106H87BN4O. The van der Waals surface area contributed by atoms with Crippen molar-refractivity contribution in [1.29, 1.82) is 0 Å². The van der Waals surface area contributed by atoms with Crippen LogP contribution < -0.4 is 26.2 Å². The number of rotatable bonds is 8. The van der Waals surface area contributed by atoms with E-state index in [0.29, 0.717) is 17.0 Å².